The normalized spacial score (nSPS) is 31.4. The molecule has 0 aliphatic carbocycles. The smallest absolute Gasteiger partial charge is 0.544 e. The predicted molar refractivity (Wildman–Crippen MR) is 103 cm³/mol. The maximum atomic E-state index is 12.9. The van der Waals surface area contributed by atoms with Crippen molar-refractivity contribution in [3.63, 3.8) is 0 Å². The number of aliphatic carboxylic acids is 1. The van der Waals surface area contributed by atoms with Crippen molar-refractivity contribution >= 4 is 56.6 Å². The van der Waals surface area contributed by atoms with Crippen LogP contribution in [0.3, 0.4) is 0 Å². The van der Waals surface area contributed by atoms with E-state index >= 15 is 0 Å². The fourth-order valence-electron chi connectivity index (χ4n) is 4.23. The van der Waals surface area contributed by atoms with Gasteiger partial charge in [-0.15, -0.1) is 11.3 Å². The monoisotopic (exact) mass is 492 g/mol. The number of ether oxygens (including phenoxy) is 1. The summed E-state index contributed by atoms with van der Waals surface area (Å²) < 4.78 is 18.0. The summed E-state index contributed by atoms with van der Waals surface area (Å²) in [7, 11) is -0.426. The van der Waals surface area contributed by atoms with Crippen LogP contribution in [-0.2, 0) is 39.6 Å². The van der Waals surface area contributed by atoms with Crippen molar-refractivity contribution in [1.82, 2.24) is 9.88 Å². The van der Waals surface area contributed by atoms with Crippen LogP contribution < -0.4 is 40.4 Å². The summed E-state index contributed by atoms with van der Waals surface area (Å²) in [5.74, 6) is -5.93. The largest absolute Gasteiger partial charge is 1.00 e. The van der Waals surface area contributed by atoms with Crippen molar-refractivity contribution in [3.05, 3.63) is 11.1 Å². The van der Waals surface area contributed by atoms with Gasteiger partial charge in [-0.25, -0.2) is 4.98 Å². The van der Waals surface area contributed by atoms with Crippen molar-refractivity contribution in [2.75, 3.05) is 18.6 Å². The van der Waals surface area contributed by atoms with Gasteiger partial charge in [0.2, 0.25) is 11.6 Å². The molecule has 2 N–H and O–H groups in total. The Balaban J connectivity index is 0.00000289. The van der Waals surface area contributed by atoms with Crippen molar-refractivity contribution in [3.8, 4) is 0 Å². The van der Waals surface area contributed by atoms with Crippen LogP contribution in [0.15, 0.2) is 10.5 Å². The van der Waals surface area contributed by atoms with Crippen molar-refractivity contribution in [1.29, 1.82) is 0 Å². The van der Waals surface area contributed by atoms with Gasteiger partial charge in [0.1, 0.15) is 24.1 Å². The van der Waals surface area contributed by atoms with E-state index in [-0.39, 0.29) is 64.7 Å². The molecular weight excluding hydrogens is 475 g/mol. The van der Waals surface area contributed by atoms with Gasteiger partial charge >= 0.3 is 35.5 Å². The molecule has 0 aromatic carbocycles. The minimum Gasteiger partial charge on any atom is -0.544 e. The Kier molecular flexibility index (Phi) is 7.10. The molecule has 1 amide bonds. The number of fused-ring (bicyclic) bond motifs is 3. The molecule has 3 saturated heterocycles. The third-order valence-corrected chi connectivity index (χ3v) is 8.06. The number of aromatic nitrogens is 1. The standard InChI is InChI=1S/C17H18N4O8S2.Na/c1-28-20-12(9-5-30-16(18)19-9)10(22)4-8-13(24)21-14(8)31(27)6-7-2-3-11(23)29-17(7,21)15(25)26;/h5,7-8,14H,2-4,6H2,1H3,(H2,18,19)(H,25,26);/q;+1/p-1/b20-12-;/t7-,8+,14+,17+,31-;/m0./s1. The number of carboxylic acids is 1. The first kappa shape index (κ1) is 24.8. The molecule has 4 heterocycles. The molecule has 0 spiro atoms. The Hall–Kier alpha value is -1.87. The summed E-state index contributed by atoms with van der Waals surface area (Å²) in [6, 6.07) is 0. The molecule has 3 aliphatic heterocycles. The van der Waals surface area contributed by atoms with Crippen LogP contribution in [0.5, 0.6) is 0 Å². The molecule has 3 fully saturated rings. The van der Waals surface area contributed by atoms with E-state index in [9.17, 15) is 28.5 Å². The minimum atomic E-state index is -2.31. The van der Waals surface area contributed by atoms with Gasteiger partial charge in [-0.3, -0.25) is 23.5 Å². The number of hydrogen-bond donors (Lipinski definition) is 1. The topological polar surface area (TPSA) is 181 Å². The zero-order valence-electron chi connectivity index (χ0n) is 17.1. The molecule has 1 aromatic rings. The van der Waals surface area contributed by atoms with Gasteiger partial charge in [-0.1, -0.05) is 5.16 Å². The van der Waals surface area contributed by atoms with Crippen LogP contribution in [0.4, 0.5) is 5.13 Å². The Morgan fingerprint density at radius 3 is 2.81 bits per heavy atom. The second kappa shape index (κ2) is 9.17. The number of nitrogens with zero attached hydrogens (tertiary/aromatic N) is 3. The number of thiazole rings is 1. The van der Waals surface area contributed by atoms with Crippen LogP contribution in [0.1, 0.15) is 25.0 Å². The number of rotatable bonds is 6. The molecule has 12 nitrogen and oxygen atoms in total. The molecule has 0 saturated carbocycles. The van der Waals surface area contributed by atoms with Gasteiger partial charge in [0.15, 0.2) is 16.6 Å². The summed E-state index contributed by atoms with van der Waals surface area (Å²) in [6.45, 7) is 0. The third kappa shape index (κ3) is 3.77. The summed E-state index contributed by atoms with van der Waals surface area (Å²) in [4.78, 5) is 59.1. The van der Waals surface area contributed by atoms with E-state index in [0.717, 1.165) is 16.2 Å². The first-order valence-electron chi connectivity index (χ1n) is 9.20. The zero-order valence-corrected chi connectivity index (χ0v) is 20.8. The molecule has 3 aliphatic rings. The number of nitrogen functional groups attached to an aromatic ring is 1. The second-order valence-electron chi connectivity index (χ2n) is 7.27. The molecule has 0 bridgehead atoms. The van der Waals surface area contributed by atoms with Crippen LogP contribution in [0.2, 0.25) is 0 Å². The van der Waals surface area contributed by atoms with Crippen LogP contribution in [-0.4, -0.2) is 67.4 Å². The number of carbonyl (C=O) groups is 4. The molecular formula is C17H17N4NaO8S2. The summed E-state index contributed by atoms with van der Waals surface area (Å²) in [5, 5.41) is 16.3. The van der Waals surface area contributed by atoms with Crippen LogP contribution >= 0.6 is 11.3 Å². The minimum absolute atomic E-state index is 0. The number of esters is 1. The summed E-state index contributed by atoms with van der Waals surface area (Å²) in [6.07, 6.45) is -0.346. The van der Waals surface area contributed by atoms with Gasteiger partial charge in [0.25, 0.3) is 0 Å². The molecule has 166 valence electrons. The fraction of sp³-hybridized carbons (Fsp3) is 0.529. The molecule has 4 rings (SSSR count). The number of carboxylic acid groups (broad SMARTS) is 1. The number of ketones is 1. The van der Waals surface area contributed by atoms with Crippen molar-refractivity contribution in [2.24, 2.45) is 17.0 Å². The average Bonchev–Trinajstić information content (AvgIpc) is 3.14. The van der Waals surface area contributed by atoms with E-state index in [4.69, 9.17) is 15.3 Å². The maximum absolute atomic E-state index is 12.9. The molecule has 5 atom stereocenters. The average molecular weight is 492 g/mol. The Bertz CT molecular complexity index is 1050. The maximum Gasteiger partial charge on any atom is 1.00 e. The first-order valence-corrected chi connectivity index (χ1v) is 11.5. The van der Waals surface area contributed by atoms with Gasteiger partial charge in [0.05, 0.1) is 5.92 Å². The molecule has 15 heteroatoms. The fourth-order valence-corrected chi connectivity index (χ4v) is 6.84. The number of amides is 1. The molecule has 1 aromatic heterocycles. The third-order valence-electron chi connectivity index (χ3n) is 5.57. The number of Topliss-reactive ketones (excluding diaryl/α,β-unsaturated/α-hetero) is 1. The van der Waals surface area contributed by atoms with Crippen LogP contribution in [0.25, 0.3) is 0 Å². The van der Waals surface area contributed by atoms with E-state index < -0.39 is 63.8 Å². The quantitative estimate of drug-likeness (QED) is 0.133. The van der Waals surface area contributed by atoms with Gasteiger partial charge in [-0.2, -0.15) is 0 Å². The first-order chi connectivity index (χ1) is 14.7. The molecule has 32 heavy (non-hydrogen) atoms. The number of carbonyl (C=O) groups excluding carboxylic acids is 4. The van der Waals surface area contributed by atoms with Gasteiger partial charge < -0.3 is 25.2 Å². The van der Waals surface area contributed by atoms with E-state index in [0.29, 0.717) is 0 Å². The Morgan fingerprint density at radius 1 is 1.50 bits per heavy atom. The van der Waals surface area contributed by atoms with Gasteiger partial charge in [-0.05, 0) is 6.42 Å². The van der Waals surface area contributed by atoms with Gasteiger partial charge in [0, 0.05) is 40.7 Å². The molecule has 0 unspecified atom stereocenters. The van der Waals surface area contributed by atoms with E-state index in [1.807, 2.05) is 0 Å². The zero-order chi connectivity index (χ0) is 22.5. The molecule has 0 radical (unpaired) electrons. The van der Waals surface area contributed by atoms with E-state index in [1.165, 1.54) is 12.5 Å². The summed E-state index contributed by atoms with van der Waals surface area (Å²) in [5.41, 5.74) is 3.28. The van der Waals surface area contributed by atoms with Crippen LogP contribution in [0, 0.1) is 11.8 Å². The number of anilines is 1. The SMILES string of the molecule is CO/N=C(\C(=O)C[C@@H]1C(=O)N2[C@@H]1[S@@](=O)C[C@@H]1CCC(=O)O[C@@]12C(=O)[O-])c1csc(N)n1.[Na+]. The number of hydrogen-bond acceptors (Lipinski definition) is 12. The van der Waals surface area contributed by atoms with E-state index in [1.54, 1.807) is 0 Å². The number of β-lactam (4-membered cyclic amide) rings is 1. The number of oxime groups is 1. The van der Waals surface area contributed by atoms with Crippen molar-refractivity contribution < 1.29 is 67.6 Å². The Morgan fingerprint density at radius 2 is 2.22 bits per heavy atom. The Labute approximate surface area is 210 Å². The number of nitrogens with two attached hydrogens (primary N) is 1. The second-order valence-corrected chi connectivity index (χ2v) is 9.73. The predicted octanol–water partition coefficient (Wildman–Crippen LogP) is -5.01. The van der Waals surface area contributed by atoms with E-state index in [2.05, 4.69) is 10.1 Å². The van der Waals surface area contributed by atoms with Crippen molar-refractivity contribution in [2.45, 2.75) is 30.4 Å². The summed E-state index contributed by atoms with van der Waals surface area (Å²) >= 11 is 1.08.